The maximum Gasteiger partial charge on any atom is 0.254 e. The maximum atomic E-state index is 13.1. The van der Waals surface area contributed by atoms with Crippen LogP contribution >= 0.6 is 0 Å². The van der Waals surface area contributed by atoms with Gasteiger partial charge in [-0.05, 0) is 43.7 Å². The minimum atomic E-state index is -0.273. The van der Waals surface area contributed by atoms with E-state index < -0.39 is 0 Å². The third-order valence-corrected chi connectivity index (χ3v) is 4.05. The molecule has 1 amide bonds. The van der Waals surface area contributed by atoms with Gasteiger partial charge in [-0.1, -0.05) is 29.8 Å². The standard InChI is InChI=1S/C19H20FNO2/c1-13-4-3-5-16(10-13)19(22)21-11-14(2)23-18(12-21)15-6-8-17(20)9-7-15/h3-10,14,18H,11-12H2,1-2H3. The van der Waals surface area contributed by atoms with Crippen molar-refractivity contribution in [2.45, 2.75) is 26.1 Å². The van der Waals surface area contributed by atoms with Crippen molar-refractivity contribution >= 4 is 5.91 Å². The van der Waals surface area contributed by atoms with Crippen LogP contribution in [-0.4, -0.2) is 30.0 Å². The molecule has 0 saturated carbocycles. The summed E-state index contributed by atoms with van der Waals surface area (Å²) in [5, 5.41) is 0. The van der Waals surface area contributed by atoms with E-state index in [4.69, 9.17) is 4.74 Å². The summed E-state index contributed by atoms with van der Waals surface area (Å²) in [6, 6.07) is 13.9. The molecule has 2 aromatic rings. The van der Waals surface area contributed by atoms with E-state index in [2.05, 4.69) is 0 Å². The lowest BCUT2D eigenvalue weighted by Crippen LogP contribution is -2.46. The number of amides is 1. The molecular weight excluding hydrogens is 293 g/mol. The van der Waals surface area contributed by atoms with E-state index in [1.54, 1.807) is 12.1 Å². The highest BCUT2D eigenvalue weighted by Crippen LogP contribution is 2.26. The molecule has 0 N–H and O–H groups in total. The van der Waals surface area contributed by atoms with Crippen LogP contribution in [0, 0.1) is 12.7 Å². The zero-order chi connectivity index (χ0) is 16.4. The van der Waals surface area contributed by atoms with Gasteiger partial charge in [0.2, 0.25) is 0 Å². The van der Waals surface area contributed by atoms with Crippen molar-refractivity contribution in [2.75, 3.05) is 13.1 Å². The average molecular weight is 313 g/mol. The molecule has 4 heteroatoms. The molecule has 120 valence electrons. The molecule has 1 saturated heterocycles. The Labute approximate surface area is 135 Å². The van der Waals surface area contributed by atoms with Crippen molar-refractivity contribution in [3.8, 4) is 0 Å². The molecule has 1 aliphatic heterocycles. The SMILES string of the molecule is Cc1cccc(C(=O)N2CC(C)OC(c3ccc(F)cc3)C2)c1. The van der Waals surface area contributed by atoms with E-state index in [0.29, 0.717) is 18.7 Å². The molecule has 23 heavy (non-hydrogen) atoms. The zero-order valence-corrected chi connectivity index (χ0v) is 13.3. The van der Waals surface area contributed by atoms with E-state index in [0.717, 1.165) is 11.1 Å². The third-order valence-electron chi connectivity index (χ3n) is 4.05. The Kier molecular flexibility index (Phi) is 4.44. The maximum absolute atomic E-state index is 13.1. The first-order valence-corrected chi connectivity index (χ1v) is 7.80. The monoisotopic (exact) mass is 313 g/mol. The highest BCUT2D eigenvalue weighted by Gasteiger charge is 2.29. The number of morpholine rings is 1. The van der Waals surface area contributed by atoms with Crippen molar-refractivity contribution in [3.63, 3.8) is 0 Å². The Morgan fingerprint density at radius 2 is 1.91 bits per heavy atom. The molecule has 1 heterocycles. The van der Waals surface area contributed by atoms with Crippen LogP contribution in [0.5, 0.6) is 0 Å². The highest BCUT2D eigenvalue weighted by molar-refractivity contribution is 5.94. The Bertz CT molecular complexity index is 699. The molecule has 0 bridgehead atoms. The average Bonchev–Trinajstić information content (AvgIpc) is 2.54. The normalized spacial score (nSPS) is 21.3. The van der Waals surface area contributed by atoms with Crippen LogP contribution in [0.25, 0.3) is 0 Å². The molecule has 2 unspecified atom stereocenters. The lowest BCUT2D eigenvalue weighted by Gasteiger charge is -2.37. The summed E-state index contributed by atoms with van der Waals surface area (Å²) in [5.41, 5.74) is 2.64. The molecular formula is C19H20FNO2. The molecule has 0 radical (unpaired) electrons. The number of benzene rings is 2. The van der Waals surface area contributed by atoms with Crippen LogP contribution in [-0.2, 0) is 4.74 Å². The largest absolute Gasteiger partial charge is 0.367 e. The van der Waals surface area contributed by atoms with Gasteiger partial charge in [0.15, 0.2) is 0 Å². The van der Waals surface area contributed by atoms with Crippen molar-refractivity contribution in [1.82, 2.24) is 4.90 Å². The second kappa shape index (κ2) is 6.50. The molecule has 3 rings (SSSR count). The van der Waals surface area contributed by atoms with Gasteiger partial charge in [0.05, 0.1) is 12.6 Å². The number of halogens is 1. The number of ether oxygens (including phenoxy) is 1. The predicted molar refractivity (Wildman–Crippen MR) is 86.8 cm³/mol. The van der Waals surface area contributed by atoms with Gasteiger partial charge in [0.25, 0.3) is 5.91 Å². The van der Waals surface area contributed by atoms with E-state index in [-0.39, 0.29) is 23.9 Å². The highest BCUT2D eigenvalue weighted by atomic mass is 19.1. The van der Waals surface area contributed by atoms with Crippen molar-refractivity contribution < 1.29 is 13.9 Å². The van der Waals surface area contributed by atoms with Crippen LogP contribution in [0.1, 0.15) is 34.5 Å². The first-order valence-electron chi connectivity index (χ1n) is 7.80. The Balaban J connectivity index is 1.80. The minimum absolute atomic E-state index is 0.0101. The number of aryl methyl sites for hydroxylation is 1. The number of hydrogen-bond acceptors (Lipinski definition) is 2. The molecule has 2 aromatic carbocycles. The first kappa shape index (κ1) is 15.7. The van der Waals surface area contributed by atoms with E-state index in [1.165, 1.54) is 12.1 Å². The Morgan fingerprint density at radius 1 is 1.17 bits per heavy atom. The van der Waals surface area contributed by atoms with Gasteiger partial charge >= 0.3 is 0 Å². The fourth-order valence-electron chi connectivity index (χ4n) is 2.94. The Hall–Kier alpha value is -2.20. The number of carbonyl (C=O) groups is 1. The lowest BCUT2D eigenvalue weighted by molar-refractivity contribution is -0.0691. The summed E-state index contributed by atoms with van der Waals surface area (Å²) in [6.07, 6.45) is -0.291. The smallest absolute Gasteiger partial charge is 0.254 e. The molecule has 0 aliphatic carbocycles. The lowest BCUT2D eigenvalue weighted by atomic mass is 10.0. The molecule has 2 atom stereocenters. The van der Waals surface area contributed by atoms with Crippen molar-refractivity contribution in [1.29, 1.82) is 0 Å². The van der Waals surface area contributed by atoms with Gasteiger partial charge in [-0.25, -0.2) is 4.39 Å². The van der Waals surface area contributed by atoms with Gasteiger partial charge in [0.1, 0.15) is 11.9 Å². The van der Waals surface area contributed by atoms with E-state index in [1.807, 2.05) is 43.0 Å². The van der Waals surface area contributed by atoms with E-state index >= 15 is 0 Å². The fraction of sp³-hybridized carbons (Fsp3) is 0.316. The number of hydrogen-bond donors (Lipinski definition) is 0. The van der Waals surface area contributed by atoms with Gasteiger partial charge < -0.3 is 9.64 Å². The second-order valence-electron chi connectivity index (χ2n) is 6.07. The second-order valence-corrected chi connectivity index (χ2v) is 6.07. The third kappa shape index (κ3) is 3.59. The van der Waals surface area contributed by atoms with Crippen LogP contribution in [0.2, 0.25) is 0 Å². The molecule has 1 aliphatic rings. The summed E-state index contributed by atoms with van der Waals surface area (Å²) >= 11 is 0. The molecule has 1 fully saturated rings. The van der Waals surface area contributed by atoms with Crippen molar-refractivity contribution in [3.05, 3.63) is 71.0 Å². The number of rotatable bonds is 2. The summed E-state index contributed by atoms with van der Waals surface area (Å²) in [4.78, 5) is 14.6. The zero-order valence-electron chi connectivity index (χ0n) is 13.3. The van der Waals surface area contributed by atoms with Crippen LogP contribution in [0.15, 0.2) is 48.5 Å². The summed E-state index contributed by atoms with van der Waals surface area (Å²) in [5.74, 6) is -0.263. The van der Waals surface area contributed by atoms with Gasteiger partial charge in [-0.3, -0.25) is 4.79 Å². The van der Waals surface area contributed by atoms with Crippen LogP contribution in [0.4, 0.5) is 4.39 Å². The van der Waals surface area contributed by atoms with Crippen LogP contribution in [0.3, 0.4) is 0 Å². The number of carbonyl (C=O) groups excluding carboxylic acids is 1. The van der Waals surface area contributed by atoms with Gasteiger partial charge in [-0.15, -0.1) is 0 Å². The van der Waals surface area contributed by atoms with Gasteiger partial charge in [0, 0.05) is 12.1 Å². The van der Waals surface area contributed by atoms with Crippen LogP contribution < -0.4 is 0 Å². The summed E-state index contributed by atoms with van der Waals surface area (Å²) in [7, 11) is 0. The first-order chi connectivity index (χ1) is 11.0. The molecule has 0 aromatic heterocycles. The fourth-order valence-corrected chi connectivity index (χ4v) is 2.94. The minimum Gasteiger partial charge on any atom is -0.367 e. The van der Waals surface area contributed by atoms with Crippen molar-refractivity contribution in [2.24, 2.45) is 0 Å². The topological polar surface area (TPSA) is 29.5 Å². The Morgan fingerprint density at radius 3 is 2.61 bits per heavy atom. The molecule has 3 nitrogen and oxygen atoms in total. The summed E-state index contributed by atoms with van der Waals surface area (Å²) < 4.78 is 19.0. The number of nitrogens with zero attached hydrogens (tertiary/aromatic N) is 1. The molecule has 0 spiro atoms. The van der Waals surface area contributed by atoms with E-state index in [9.17, 15) is 9.18 Å². The summed E-state index contributed by atoms with van der Waals surface area (Å²) in [6.45, 7) is 4.96. The quantitative estimate of drug-likeness (QED) is 0.845. The van der Waals surface area contributed by atoms with Gasteiger partial charge in [-0.2, -0.15) is 0 Å². The predicted octanol–water partition coefficient (Wildman–Crippen LogP) is 3.74.